The average Bonchev–Trinajstić information content (AvgIpc) is 2.32. The largest absolute Gasteiger partial charge is 0.388 e. The van der Waals surface area contributed by atoms with Crippen molar-refractivity contribution >= 4 is 5.82 Å². The molecule has 1 unspecified atom stereocenters. The number of hydrogen-bond donors (Lipinski definition) is 2. The van der Waals surface area contributed by atoms with Gasteiger partial charge in [0.05, 0.1) is 12.3 Å². The Balaban J connectivity index is 2.95. The highest BCUT2D eigenvalue weighted by atomic mass is 16.3. The second-order valence-corrected chi connectivity index (χ2v) is 3.30. The molecule has 0 bridgehead atoms. The molecule has 1 aromatic heterocycles. The first-order valence-electron chi connectivity index (χ1n) is 3.99. The molecule has 0 aromatic carbocycles. The number of aliphatic hydroxyl groups excluding tert-OH is 1. The highest BCUT2D eigenvalue weighted by molar-refractivity contribution is 5.40. The third kappa shape index (κ3) is 1.43. The molecule has 68 valence electrons. The van der Waals surface area contributed by atoms with Crippen LogP contribution in [-0.4, -0.2) is 14.9 Å². The predicted molar refractivity (Wildman–Crippen MR) is 47.4 cm³/mol. The van der Waals surface area contributed by atoms with Crippen molar-refractivity contribution in [2.45, 2.75) is 20.0 Å². The van der Waals surface area contributed by atoms with E-state index in [1.165, 1.54) is 0 Å². The fourth-order valence-corrected chi connectivity index (χ4v) is 1.05. The van der Waals surface area contributed by atoms with Gasteiger partial charge in [0.25, 0.3) is 0 Å². The van der Waals surface area contributed by atoms with E-state index in [0.29, 0.717) is 11.4 Å². The Hall–Kier alpha value is -1.03. The van der Waals surface area contributed by atoms with E-state index < -0.39 is 6.10 Å². The lowest BCUT2D eigenvalue weighted by Gasteiger charge is -2.13. The van der Waals surface area contributed by atoms with Crippen LogP contribution in [0.5, 0.6) is 0 Å². The average molecular weight is 169 g/mol. The molecule has 0 spiro atoms. The first-order chi connectivity index (χ1) is 5.54. The van der Waals surface area contributed by atoms with Gasteiger partial charge in [-0.1, -0.05) is 13.8 Å². The quantitative estimate of drug-likeness (QED) is 0.684. The molecule has 1 heterocycles. The Labute approximate surface area is 72.0 Å². The van der Waals surface area contributed by atoms with Gasteiger partial charge in [-0.05, 0) is 5.92 Å². The first-order valence-corrected chi connectivity index (χ1v) is 3.99. The summed E-state index contributed by atoms with van der Waals surface area (Å²) in [5.41, 5.74) is 6.40. The Morgan fingerprint density at radius 1 is 1.58 bits per heavy atom. The van der Waals surface area contributed by atoms with Crippen LogP contribution in [0, 0.1) is 5.92 Å². The van der Waals surface area contributed by atoms with Crippen molar-refractivity contribution in [3.8, 4) is 0 Å². The van der Waals surface area contributed by atoms with Crippen LogP contribution in [0.3, 0.4) is 0 Å². The highest BCUT2D eigenvalue weighted by Gasteiger charge is 2.17. The van der Waals surface area contributed by atoms with E-state index in [4.69, 9.17) is 5.73 Å². The molecule has 1 atom stereocenters. The predicted octanol–water partition coefficient (Wildman–Crippen LogP) is 0.692. The molecule has 4 heteroatoms. The van der Waals surface area contributed by atoms with Crippen LogP contribution in [0.25, 0.3) is 0 Å². The fraction of sp³-hybridized carbons (Fsp3) is 0.625. The van der Waals surface area contributed by atoms with Gasteiger partial charge < -0.3 is 10.8 Å². The third-order valence-corrected chi connectivity index (χ3v) is 1.96. The van der Waals surface area contributed by atoms with E-state index in [9.17, 15) is 5.11 Å². The minimum absolute atomic E-state index is 0.163. The van der Waals surface area contributed by atoms with Gasteiger partial charge in [-0.2, -0.15) is 5.10 Å². The monoisotopic (exact) mass is 169 g/mol. The van der Waals surface area contributed by atoms with Crippen LogP contribution in [0.4, 0.5) is 5.82 Å². The number of aromatic nitrogens is 2. The first kappa shape index (κ1) is 9.06. The molecule has 0 saturated heterocycles. The number of nitrogens with two attached hydrogens (primary N) is 1. The minimum Gasteiger partial charge on any atom is -0.388 e. The summed E-state index contributed by atoms with van der Waals surface area (Å²) in [5.74, 6) is 0.702. The number of aliphatic hydroxyl groups is 1. The van der Waals surface area contributed by atoms with Crippen LogP contribution in [0.2, 0.25) is 0 Å². The van der Waals surface area contributed by atoms with Crippen molar-refractivity contribution in [3.05, 3.63) is 11.8 Å². The van der Waals surface area contributed by atoms with Gasteiger partial charge in [0.2, 0.25) is 0 Å². The maximum absolute atomic E-state index is 9.66. The molecular formula is C8H15N3O. The topological polar surface area (TPSA) is 64.1 Å². The summed E-state index contributed by atoms with van der Waals surface area (Å²) in [7, 11) is 1.76. The Bertz CT molecular complexity index is 267. The molecule has 1 aromatic rings. The number of nitrogen functional groups attached to an aromatic ring is 1. The third-order valence-electron chi connectivity index (χ3n) is 1.96. The number of rotatable bonds is 2. The van der Waals surface area contributed by atoms with Crippen LogP contribution >= 0.6 is 0 Å². The molecule has 3 N–H and O–H groups in total. The molecule has 12 heavy (non-hydrogen) atoms. The van der Waals surface area contributed by atoms with Gasteiger partial charge in [-0.25, -0.2) is 0 Å². The van der Waals surface area contributed by atoms with E-state index in [2.05, 4.69) is 5.10 Å². The van der Waals surface area contributed by atoms with Crippen LogP contribution in [-0.2, 0) is 7.05 Å². The van der Waals surface area contributed by atoms with E-state index in [1.54, 1.807) is 17.9 Å². The summed E-state index contributed by atoms with van der Waals surface area (Å²) in [4.78, 5) is 0. The van der Waals surface area contributed by atoms with Crippen molar-refractivity contribution < 1.29 is 5.11 Å². The van der Waals surface area contributed by atoms with Gasteiger partial charge in [0, 0.05) is 12.6 Å². The highest BCUT2D eigenvalue weighted by Crippen LogP contribution is 2.25. The molecule has 0 fully saturated rings. The van der Waals surface area contributed by atoms with Gasteiger partial charge in [0.15, 0.2) is 0 Å². The smallest absolute Gasteiger partial charge is 0.127 e. The lowest BCUT2D eigenvalue weighted by Crippen LogP contribution is -2.08. The van der Waals surface area contributed by atoms with Crippen molar-refractivity contribution in [2.24, 2.45) is 13.0 Å². The van der Waals surface area contributed by atoms with Crippen LogP contribution in [0.15, 0.2) is 6.20 Å². The molecule has 1 rings (SSSR count). The van der Waals surface area contributed by atoms with Crippen molar-refractivity contribution in [3.63, 3.8) is 0 Å². The van der Waals surface area contributed by atoms with E-state index >= 15 is 0 Å². The zero-order chi connectivity index (χ0) is 9.30. The summed E-state index contributed by atoms with van der Waals surface area (Å²) in [6.45, 7) is 3.88. The van der Waals surface area contributed by atoms with Gasteiger partial charge >= 0.3 is 0 Å². The molecule has 4 nitrogen and oxygen atoms in total. The van der Waals surface area contributed by atoms with Gasteiger partial charge in [0.1, 0.15) is 5.82 Å². The van der Waals surface area contributed by atoms with Crippen LogP contribution in [0.1, 0.15) is 25.5 Å². The lowest BCUT2D eigenvalue weighted by molar-refractivity contribution is 0.127. The Kier molecular flexibility index (Phi) is 2.38. The zero-order valence-electron chi connectivity index (χ0n) is 7.65. The maximum atomic E-state index is 9.66. The number of aryl methyl sites for hydroxylation is 1. The molecule has 0 aliphatic carbocycles. The Morgan fingerprint density at radius 2 is 2.17 bits per heavy atom. The number of nitrogens with zero attached hydrogens (tertiary/aromatic N) is 2. The normalized spacial score (nSPS) is 13.8. The molecular weight excluding hydrogens is 154 g/mol. The zero-order valence-corrected chi connectivity index (χ0v) is 7.65. The molecule has 0 amide bonds. The van der Waals surface area contributed by atoms with Crippen LogP contribution < -0.4 is 5.73 Å². The number of hydrogen-bond acceptors (Lipinski definition) is 3. The SMILES string of the molecule is CC(C)C(O)c1cnn(C)c1N. The molecule has 0 aliphatic heterocycles. The Morgan fingerprint density at radius 3 is 2.50 bits per heavy atom. The summed E-state index contributed by atoms with van der Waals surface area (Å²) >= 11 is 0. The fourth-order valence-electron chi connectivity index (χ4n) is 1.05. The minimum atomic E-state index is -0.515. The van der Waals surface area contributed by atoms with Crippen molar-refractivity contribution in [2.75, 3.05) is 5.73 Å². The lowest BCUT2D eigenvalue weighted by atomic mass is 10.0. The molecule has 0 aliphatic rings. The summed E-state index contributed by atoms with van der Waals surface area (Å²) in [5, 5.41) is 13.6. The second-order valence-electron chi connectivity index (χ2n) is 3.30. The molecule has 0 saturated carbocycles. The van der Waals surface area contributed by atoms with E-state index in [1.807, 2.05) is 13.8 Å². The summed E-state index contributed by atoms with van der Waals surface area (Å²) in [6, 6.07) is 0. The second kappa shape index (κ2) is 3.15. The van der Waals surface area contributed by atoms with Crippen molar-refractivity contribution in [1.82, 2.24) is 9.78 Å². The van der Waals surface area contributed by atoms with Crippen molar-refractivity contribution in [1.29, 1.82) is 0 Å². The summed E-state index contributed by atoms with van der Waals surface area (Å²) < 4.78 is 1.56. The van der Waals surface area contributed by atoms with E-state index in [0.717, 1.165) is 0 Å². The summed E-state index contributed by atoms with van der Waals surface area (Å²) in [6.07, 6.45) is 1.10. The standard InChI is InChI=1S/C8H15N3O/c1-5(2)7(12)6-4-10-11(3)8(6)9/h4-5,7,12H,9H2,1-3H3. The number of anilines is 1. The van der Waals surface area contributed by atoms with E-state index in [-0.39, 0.29) is 5.92 Å². The van der Waals surface area contributed by atoms with Gasteiger partial charge in [-0.15, -0.1) is 0 Å². The molecule has 0 radical (unpaired) electrons. The maximum Gasteiger partial charge on any atom is 0.127 e. The van der Waals surface area contributed by atoms with Gasteiger partial charge in [-0.3, -0.25) is 4.68 Å².